The average molecular weight is 490 g/mol. The van der Waals surface area contributed by atoms with Gasteiger partial charge in [-0.3, -0.25) is 14.5 Å². The van der Waals surface area contributed by atoms with Crippen molar-refractivity contribution in [1.29, 1.82) is 0 Å². The van der Waals surface area contributed by atoms with E-state index in [2.05, 4.69) is 4.98 Å². The number of thiazole rings is 1. The van der Waals surface area contributed by atoms with Crippen LogP contribution in [0.15, 0.2) is 72.8 Å². The molecule has 1 aliphatic rings. The molecule has 35 heavy (non-hydrogen) atoms. The first-order valence-electron chi connectivity index (χ1n) is 11.5. The lowest BCUT2D eigenvalue weighted by Crippen LogP contribution is -2.37. The number of rotatable bonds is 7. The van der Waals surface area contributed by atoms with Crippen LogP contribution in [0.25, 0.3) is 10.2 Å². The van der Waals surface area contributed by atoms with Gasteiger partial charge in [0.15, 0.2) is 5.13 Å². The fourth-order valence-corrected chi connectivity index (χ4v) is 5.23. The van der Waals surface area contributed by atoms with Gasteiger partial charge in [0.2, 0.25) is 11.8 Å². The highest BCUT2D eigenvalue weighted by atomic mass is 32.1. The topological polar surface area (TPSA) is 62.7 Å². The van der Waals surface area contributed by atoms with E-state index in [1.807, 2.05) is 61.5 Å². The molecule has 1 unspecified atom stereocenters. The van der Waals surface area contributed by atoms with Crippen molar-refractivity contribution in [3.63, 3.8) is 0 Å². The number of fused-ring (bicyclic) bond motifs is 1. The second kappa shape index (κ2) is 9.84. The van der Waals surface area contributed by atoms with Crippen molar-refractivity contribution in [2.45, 2.75) is 19.9 Å². The Hall–Kier alpha value is -3.78. The van der Waals surface area contributed by atoms with E-state index in [9.17, 15) is 14.0 Å². The molecule has 1 aliphatic heterocycles. The molecule has 2 heterocycles. The molecule has 1 atom stereocenters. The number of nitrogens with zero attached hydrogens (tertiary/aromatic N) is 3. The molecule has 8 heteroatoms. The van der Waals surface area contributed by atoms with Crippen LogP contribution in [-0.2, 0) is 16.1 Å². The van der Waals surface area contributed by atoms with Crippen LogP contribution >= 0.6 is 11.3 Å². The summed E-state index contributed by atoms with van der Waals surface area (Å²) in [4.78, 5) is 34.5. The number of ether oxygens (including phenoxy) is 1. The predicted octanol–water partition coefficient (Wildman–Crippen LogP) is 5.42. The number of hydrogen-bond donors (Lipinski definition) is 0. The van der Waals surface area contributed by atoms with Gasteiger partial charge in [0.25, 0.3) is 0 Å². The minimum atomic E-state index is -0.512. The fourth-order valence-electron chi connectivity index (χ4n) is 4.24. The largest absolute Gasteiger partial charge is 0.494 e. The molecule has 3 aromatic carbocycles. The quantitative estimate of drug-likeness (QED) is 0.348. The number of carbonyl (C=O) groups excluding carboxylic acids is 2. The maximum Gasteiger partial charge on any atom is 0.234 e. The van der Waals surface area contributed by atoms with Crippen LogP contribution in [-0.4, -0.2) is 29.9 Å². The highest BCUT2D eigenvalue weighted by molar-refractivity contribution is 7.22. The number of aromatic nitrogens is 1. The number of benzene rings is 3. The van der Waals surface area contributed by atoms with E-state index in [4.69, 9.17) is 4.74 Å². The van der Waals surface area contributed by atoms with E-state index in [0.717, 1.165) is 17.0 Å². The second-order valence-electron chi connectivity index (χ2n) is 8.35. The SMILES string of the molecule is CCOc1ccc(N2CC(C(=O)N(Cc3ccccc3)c3nc4ccc(F)cc4s3)CC2=O)cc1. The smallest absolute Gasteiger partial charge is 0.234 e. The number of halogens is 1. The Kier molecular flexibility index (Phi) is 6.46. The summed E-state index contributed by atoms with van der Waals surface area (Å²) in [5, 5.41) is 0.492. The molecule has 0 aliphatic carbocycles. The Labute approximate surface area is 206 Å². The van der Waals surface area contributed by atoms with E-state index in [1.54, 1.807) is 15.9 Å². The first kappa shape index (κ1) is 23.0. The molecule has 0 N–H and O–H groups in total. The lowest BCUT2D eigenvalue weighted by Gasteiger charge is -2.23. The van der Waals surface area contributed by atoms with Gasteiger partial charge in [-0.1, -0.05) is 41.7 Å². The maximum atomic E-state index is 13.8. The van der Waals surface area contributed by atoms with Gasteiger partial charge in [-0.2, -0.15) is 0 Å². The van der Waals surface area contributed by atoms with Crippen molar-refractivity contribution in [2.75, 3.05) is 23.0 Å². The van der Waals surface area contributed by atoms with Crippen molar-refractivity contribution >= 4 is 44.2 Å². The summed E-state index contributed by atoms with van der Waals surface area (Å²) in [7, 11) is 0. The Morgan fingerprint density at radius 3 is 2.66 bits per heavy atom. The molecule has 0 saturated carbocycles. The summed E-state index contributed by atoms with van der Waals surface area (Å²) in [6.45, 7) is 3.08. The molecular formula is C27H24FN3O3S. The van der Waals surface area contributed by atoms with Gasteiger partial charge in [-0.15, -0.1) is 0 Å². The van der Waals surface area contributed by atoms with Crippen LogP contribution in [0.4, 0.5) is 15.2 Å². The van der Waals surface area contributed by atoms with Gasteiger partial charge >= 0.3 is 0 Å². The first-order chi connectivity index (χ1) is 17.0. The predicted molar refractivity (Wildman–Crippen MR) is 135 cm³/mol. The maximum absolute atomic E-state index is 13.8. The number of hydrogen-bond acceptors (Lipinski definition) is 5. The van der Waals surface area contributed by atoms with E-state index >= 15 is 0 Å². The fraction of sp³-hybridized carbons (Fsp3) is 0.222. The van der Waals surface area contributed by atoms with Gasteiger partial charge in [0.05, 0.1) is 29.3 Å². The van der Waals surface area contributed by atoms with Gasteiger partial charge in [0.1, 0.15) is 11.6 Å². The molecule has 6 nitrogen and oxygen atoms in total. The molecule has 178 valence electrons. The highest BCUT2D eigenvalue weighted by Gasteiger charge is 2.38. The zero-order chi connectivity index (χ0) is 24.4. The molecule has 1 fully saturated rings. The molecular weight excluding hydrogens is 465 g/mol. The number of anilines is 2. The molecule has 4 aromatic rings. The monoisotopic (exact) mass is 489 g/mol. The zero-order valence-electron chi connectivity index (χ0n) is 19.2. The molecule has 1 aromatic heterocycles. The highest BCUT2D eigenvalue weighted by Crippen LogP contribution is 2.34. The van der Waals surface area contributed by atoms with Gasteiger partial charge < -0.3 is 9.64 Å². The Morgan fingerprint density at radius 1 is 1.14 bits per heavy atom. The van der Waals surface area contributed by atoms with Crippen molar-refractivity contribution in [1.82, 2.24) is 4.98 Å². The normalized spacial score (nSPS) is 15.5. The summed E-state index contributed by atoms with van der Waals surface area (Å²) in [6.07, 6.45) is 0.122. The summed E-state index contributed by atoms with van der Waals surface area (Å²) >= 11 is 1.27. The van der Waals surface area contributed by atoms with E-state index < -0.39 is 5.92 Å². The Balaban J connectivity index is 1.42. The van der Waals surface area contributed by atoms with Crippen LogP contribution in [0.3, 0.4) is 0 Å². The van der Waals surface area contributed by atoms with Crippen LogP contribution in [0.5, 0.6) is 5.75 Å². The summed E-state index contributed by atoms with van der Waals surface area (Å²) in [5.41, 5.74) is 2.31. The van der Waals surface area contributed by atoms with E-state index in [-0.39, 0.29) is 30.6 Å². The summed E-state index contributed by atoms with van der Waals surface area (Å²) in [5.74, 6) is -0.395. The third kappa shape index (κ3) is 4.88. The Bertz CT molecular complexity index is 1360. The van der Waals surface area contributed by atoms with E-state index in [1.165, 1.54) is 23.5 Å². The third-order valence-electron chi connectivity index (χ3n) is 5.95. The van der Waals surface area contributed by atoms with Crippen molar-refractivity contribution in [3.05, 3.63) is 84.2 Å². The zero-order valence-corrected chi connectivity index (χ0v) is 20.0. The minimum absolute atomic E-state index is 0.0986. The average Bonchev–Trinajstić information content (AvgIpc) is 3.46. The van der Waals surface area contributed by atoms with Crippen LogP contribution in [0, 0.1) is 11.7 Å². The molecule has 2 amide bonds. The van der Waals surface area contributed by atoms with E-state index in [0.29, 0.717) is 28.5 Å². The second-order valence-corrected chi connectivity index (χ2v) is 9.36. The van der Waals surface area contributed by atoms with Crippen LogP contribution in [0.1, 0.15) is 18.9 Å². The summed E-state index contributed by atoms with van der Waals surface area (Å²) < 4.78 is 19.9. The molecule has 5 rings (SSSR count). The van der Waals surface area contributed by atoms with Crippen LogP contribution in [0.2, 0.25) is 0 Å². The number of amides is 2. The van der Waals surface area contributed by atoms with Crippen molar-refractivity contribution in [2.24, 2.45) is 5.92 Å². The third-order valence-corrected chi connectivity index (χ3v) is 6.99. The lowest BCUT2D eigenvalue weighted by atomic mass is 10.1. The standard InChI is InChI=1S/C27H24FN3O3S/c1-2-34-22-11-9-21(10-12-22)30-17-19(14-25(30)32)26(33)31(16-18-6-4-3-5-7-18)27-29-23-13-8-20(28)15-24(23)35-27/h3-13,15,19H,2,14,16-17H2,1H3. The Morgan fingerprint density at radius 2 is 1.91 bits per heavy atom. The van der Waals surface area contributed by atoms with Gasteiger partial charge in [0, 0.05) is 18.7 Å². The van der Waals surface area contributed by atoms with Gasteiger partial charge in [-0.05, 0) is 55.0 Å². The first-order valence-corrected chi connectivity index (χ1v) is 12.3. The van der Waals surface area contributed by atoms with Crippen molar-refractivity contribution < 1.29 is 18.7 Å². The van der Waals surface area contributed by atoms with Crippen molar-refractivity contribution in [3.8, 4) is 5.75 Å². The molecule has 0 bridgehead atoms. The molecule has 1 saturated heterocycles. The lowest BCUT2D eigenvalue weighted by molar-refractivity contribution is -0.124. The summed E-state index contributed by atoms with van der Waals surface area (Å²) in [6, 6.07) is 21.3. The molecule has 0 radical (unpaired) electrons. The van der Waals surface area contributed by atoms with Crippen LogP contribution < -0.4 is 14.5 Å². The molecule has 0 spiro atoms. The van der Waals surface area contributed by atoms with Gasteiger partial charge in [-0.25, -0.2) is 9.37 Å². The minimum Gasteiger partial charge on any atom is -0.494 e. The number of carbonyl (C=O) groups is 2.